The molecule has 1 amide bonds. The van der Waals surface area contributed by atoms with E-state index in [-0.39, 0.29) is 5.82 Å². The molecule has 0 bridgehead atoms. The Hall–Kier alpha value is -3.22. The van der Waals surface area contributed by atoms with Crippen molar-refractivity contribution in [1.29, 1.82) is 0 Å². The smallest absolute Gasteiger partial charge is 0.407 e. The highest BCUT2D eigenvalue weighted by Crippen LogP contribution is 2.19. The van der Waals surface area contributed by atoms with Gasteiger partial charge in [-0.2, -0.15) is 0 Å². The molecule has 0 saturated carbocycles. The van der Waals surface area contributed by atoms with E-state index in [9.17, 15) is 9.18 Å². The third kappa shape index (κ3) is 6.41. The summed E-state index contributed by atoms with van der Waals surface area (Å²) in [6, 6.07) is 14.0. The third-order valence-corrected chi connectivity index (χ3v) is 4.02. The second-order valence-electron chi connectivity index (χ2n) is 7.68. The molecule has 1 N–H and O–H groups in total. The number of carbonyl (C=O) groups is 1. The van der Waals surface area contributed by atoms with E-state index in [1.807, 2.05) is 45.0 Å². The highest BCUT2D eigenvalue weighted by molar-refractivity contribution is 5.67. The van der Waals surface area contributed by atoms with Gasteiger partial charge in [-0.05, 0) is 56.5 Å². The van der Waals surface area contributed by atoms with Gasteiger partial charge >= 0.3 is 6.09 Å². The van der Waals surface area contributed by atoms with Gasteiger partial charge in [0.05, 0.1) is 0 Å². The molecule has 3 aromatic rings. The number of alkyl carbamates (subject to hydrolysis) is 1. The van der Waals surface area contributed by atoms with Crippen molar-refractivity contribution in [3.63, 3.8) is 0 Å². The summed E-state index contributed by atoms with van der Waals surface area (Å²) in [6.07, 6.45) is 0.870. The van der Waals surface area contributed by atoms with Crippen LogP contribution in [0.2, 0.25) is 0 Å². The Balaban J connectivity index is 1.50. The van der Waals surface area contributed by atoms with Gasteiger partial charge in [0, 0.05) is 18.5 Å². The van der Waals surface area contributed by atoms with Crippen LogP contribution in [0.3, 0.4) is 0 Å². The number of amides is 1. The molecule has 0 aliphatic carbocycles. The molecule has 0 radical (unpaired) electrons. The van der Waals surface area contributed by atoms with Gasteiger partial charge in [0.2, 0.25) is 11.8 Å². The van der Waals surface area contributed by atoms with Crippen LogP contribution in [0.1, 0.15) is 37.8 Å². The van der Waals surface area contributed by atoms with Crippen LogP contribution in [0.25, 0.3) is 11.5 Å². The summed E-state index contributed by atoms with van der Waals surface area (Å²) >= 11 is 0. The van der Waals surface area contributed by atoms with Crippen molar-refractivity contribution in [3.8, 4) is 11.5 Å². The van der Waals surface area contributed by atoms with Crippen LogP contribution in [0.4, 0.5) is 9.18 Å². The van der Waals surface area contributed by atoms with Gasteiger partial charge in [0.15, 0.2) is 0 Å². The Bertz CT molecular complexity index is 962. The second kappa shape index (κ2) is 8.86. The number of hydrogen-bond acceptors (Lipinski definition) is 5. The predicted octanol–water partition coefficient (Wildman–Crippen LogP) is 4.69. The Morgan fingerprint density at radius 3 is 2.48 bits per heavy atom. The minimum atomic E-state index is -0.517. The molecule has 152 valence electrons. The number of nitrogens with one attached hydrogen (secondary N) is 1. The predicted molar refractivity (Wildman–Crippen MR) is 107 cm³/mol. The average Bonchev–Trinajstić information content (AvgIpc) is 3.13. The monoisotopic (exact) mass is 397 g/mol. The zero-order valence-corrected chi connectivity index (χ0v) is 16.7. The lowest BCUT2D eigenvalue weighted by molar-refractivity contribution is 0.0523. The van der Waals surface area contributed by atoms with Crippen LogP contribution in [0.15, 0.2) is 52.9 Å². The van der Waals surface area contributed by atoms with Crippen LogP contribution in [0, 0.1) is 5.82 Å². The average molecular weight is 397 g/mol. The summed E-state index contributed by atoms with van der Waals surface area (Å²) in [4.78, 5) is 11.7. The molecule has 0 saturated heterocycles. The number of carbonyl (C=O) groups excluding carboxylic acids is 1. The molecule has 29 heavy (non-hydrogen) atoms. The molecule has 6 nitrogen and oxygen atoms in total. The number of nitrogens with zero attached hydrogens (tertiary/aromatic N) is 2. The Morgan fingerprint density at radius 2 is 1.79 bits per heavy atom. The molecular weight excluding hydrogens is 373 g/mol. The molecule has 1 aromatic heterocycles. The first-order valence-corrected chi connectivity index (χ1v) is 9.41. The summed E-state index contributed by atoms with van der Waals surface area (Å²) < 4.78 is 24.2. The number of rotatable bonds is 6. The maximum atomic E-state index is 13.3. The van der Waals surface area contributed by atoms with Crippen LogP contribution in [0.5, 0.6) is 0 Å². The minimum absolute atomic E-state index is 0.308. The molecule has 0 aliphatic heterocycles. The summed E-state index contributed by atoms with van der Waals surface area (Å²) in [5.41, 5.74) is 2.13. The van der Waals surface area contributed by atoms with Crippen molar-refractivity contribution in [3.05, 3.63) is 71.4 Å². The van der Waals surface area contributed by atoms with Gasteiger partial charge in [-0.1, -0.05) is 30.3 Å². The Labute approximate surface area is 169 Å². The van der Waals surface area contributed by atoms with Crippen molar-refractivity contribution < 1.29 is 18.3 Å². The topological polar surface area (TPSA) is 77.2 Å². The molecule has 0 aliphatic rings. The van der Waals surface area contributed by atoms with E-state index in [1.165, 1.54) is 12.1 Å². The molecule has 7 heteroatoms. The van der Waals surface area contributed by atoms with Crippen molar-refractivity contribution in [1.82, 2.24) is 15.5 Å². The fourth-order valence-electron chi connectivity index (χ4n) is 2.66. The molecular formula is C22H24FN3O3. The van der Waals surface area contributed by atoms with Crippen LogP contribution < -0.4 is 5.32 Å². The summed E-state index contributed by atoms with van der Waals surface area (Å²) in [5, 5.41) is 10.8. The molecule has 0 fully saturated rings. The molecule has 0 spiro atoms. The molecule has 2 aromatic carbocycles. The third-order valence-electron chi connectivity index (χ3n) is 4.02. The lowest BCUT2D eigenvalue weighted by atomic mass is 10.1. The van der Waals surface area contributed by atoms with Gasteiger partial charge < -0.3 is 14.5 Å². The first kappa shape index (κ1) is 20.5. The standard InChI is InChI=1S/C22H24FN3O3/c1-22(2,3)29-21(27)24-14-16-9-7-15(8-10-16)11-12-19-25-26-20(28-19)17-5-4-6-18(23)13-17/h4-10,13H,11-12,14H2,1-3H3,(H,24,27). The van der Waals surface area contributed by atoms with Crippen molar-refractivity contribution in [2.45, 2.75) is 45.8 Å². The normalized spacial score (nSPS) is 11.3. The number of aromatic nitrogens is 2. The highest BCUT2D eigenvalue weighted by atomic mass is 19.1. The first-order valence-electron chi connectivity index (χ1n) is 9.41. The van der Waals surface area contributed by atoms with E-state index >= 15 is 0 Å². The number of benzene rings is 2. The highest BCUT2D eigenvalue weighted by Gasteiger charge is 2.15. The van der Waals surface area contributed by atoms with Gasteiger partial charge in [-0.25, -0.2) is 9.18 Å². The lowest BCUT2D eigenvalue weighted by Crippen LogP contribution is -2.32. The largest absolute Gasteiger partial charge is 0.444 e. The van der Waals surface area contributed by atoms with Gasteiger partial charge in [0.25, 0.3) is 0 Å². The summed E-state index contributed by atoms with van der Waals surface area (Å²) in [6.45, 7) is 5.87. The number of aryl methyl sites for hydroxylation is 2. The van der Waals surface area contributed by atoms with Crippen molar-refractivity contribution >= 4 is 6.09 Å². The molecule has 0 atom stereocenters. The minimum Gasteiger partial charge on any atom is -0.444 e. The van der Waals surface area contributed by atoms with E-state index in [0.29, 0.717) is 30.3 Å². The van der Waals surface area contributed by atoms with E-state index in [2.05, 4.69) is 15.5 Å². The summed E-state index contributed by atoms with van der Waals surface area (Å²) in [7, 11) is 0. The number of hydrogen-bond donors (Lipinski definition) is 1. The second-order valence-corrected chi connectivity index (χ2v) is 7.68. The van der Waals surface area contributed by atoms with Gasteiger partial charge in [0.1, 0.15) is 11.4 Å². The van der Waals surface area contributed by atoms with Gasteiger partial charge in [-0.15, -0.1) is 10.2 Å². The summed E-state index contributed by atoms with van der Waals surface area (Å²) in [5.74, 6) is 0.464. The number of ether oxygens (including phenoxy) is 1. The zero-order chi connectivity index (χ0) is 20.9. The van der Waals surface area contributed by atoms with E-state index in [4.69, 9.17) is 9.15 Å². The van der Waals surface area contributed by atoms with Crippen LogP contribution in [-0.2, 0) is 24.1 Å². The maximum Gasteiger partial charge on any atom is 0.407 e. The quantitative estimate of drug-likeness (QED) is 0.653. The fourth-order valence-corrected chi connectivity index (χ4v) is 2.66. The van der Waals surface area contributed by atoms with Gasteiger partial charge in [-0.3, -0.25) is 0 Å². The molecule has 3 rings (SSSR count). The van der Waals surface area contributed by atoms with Crippen molar-refractivity contribution in [2.24, 2.45) is 0 Å². The Morgan fingerprint density at radius 1 is 1.07 bits per heavy atom. The van der Waals surface area contributed by atoms with E-state index in [0.717, 1.165) is 17.5 Å². The maximum absolute atomic E-state index is 13.3. The zero-order valence-electron chi connectivity index (χ0n) is 16.7. The number of halogens is 1. The molecule has 0 unspecified atom stereocenters. The Kier molecular flexibility index (Phi) is 6.26. The van der Waals surface area contributed by atoms with Crippen molar-refractivity contribution in [2.75, 3.05) is 0 Å². The SMILES string of the molecule is CC(C)(C)OC(=O)NCc1ccc(CCc2nnc(-c3cccc(F)c3)o2)cc1. The van der Waals surface area contributed by atoms with Crippen LogP contribution >= 0.6 is 0 Å². The van der Waals surface area contributed by atoms with E-state index < -0.39 is 11.7 Å². The first-order chi connectivity index (χ1) is 13.8. The lowest BCUT2D eigenvalue weighted by Gasteiger charge is -2.19. The van der Waals surface area contributed by atoms with E-state index in [1.54, 1.807) is 12.1 Å². The fraction of sp³-hybridized carbons (Fsp3) is 0.318. The molecule has 1 heterocycles. The van der Waals surface area contributed by atoms with Crippen LogP contribution in [-0.4, -0.2) is 21.9 Å².